The number of aliphatic hydroxyl groups excluding tert-OH is 1. The number of ketones is 1. The maximum atomic E-state index is 10.4. The molecular formula is C6H11NO2. The predicted octanol–water partition coefficient (Wildman–Crippen LogP) is 0.366. The topological polar surface area (TPSA) is 61.1 Å². The van der Waals surface area contributed by atoms with Gasteiger partial charge in [-0.2, -0.15) is 0 Å². The zero-order chi connectivity index (χ0) is 7.28. The number of Topliss-reactive ketones (excluding diaryl/α,β-unsaturated/α-hetero) is 1. The molecule has 0 saturated carbocycles. The van der Waals surface area contributed by atoms with Crippen molar-refractivity contribution in [3.63, 3.8) is 0 Å². The summed E-state index contributed by atoms with van der Waals surface area (Å²) in [5.74, 6) is -0.226. The summed E-state index contributed by atoms with van der Waals surface area (Å²) in [5, 5.41) is 15.2. The minimum Gasteiger partial charge on any atom is -0.393 e. The first kappa shape index (κ1) is 8.30. The summed E-state index contributed by atoms with van der Waals surface area (Å²) >= 11 is 0. The fraction of sp³-hybridized carbons (Fsp3) is 0.667. The molecule has 0 saturated heterocycles. The van der Waals surface area contributed by atoms with E-state index in [0.717, 1.165) is 6.21 Å². The maximum Gasteiger partial charge on any atom is 0.173 e. The summed E-state index contributed by atoms with van der Waals surface area (Å²) < 4.78 is 0. The zero-order valence-electron chi connectivity index (χ0n) is 5.42. The van der Waals surface area contributed by atoms with Crippen molar-refractivity contribution < 1.29 is 9.90 Å². The second-order valence-electron chi connectivity index (χ2n) is 2.00. The SMILES string of the molecule is CC(O)CCC(=O)C=N. The molecule has 0 aromatic carbocycles. The molecule has 1 atom stereocenters. The number of nitrogens with one attached hydrogen (secondary N) is 1. The second-order valence-corrected chi connectivity index (χ2v) is 2.00. The van der Waals surface area contributed by atoms with E-state index in [1.54, 1.807) is 6.92 Å². The minimum absolute atomic E-state index is 0.226. The molecule has 0 amide bonds. The standard InChI is InChI=1S/C6H11NO2/c1-5(8)2-3-6(9)4-7/h4-5,7-8H,2-3H2,1H3. The van der Waals surface area contributed by atoms with E-state index < -0.39 is 6.10 Å². The molecule has 0 aliphatic heterocycles. The lowest BCUT2D eigenvalue weighted by Gasteiger charge is -1.98. The van der Waals surface area contributed by atoms with E-state index in [-0.39, 0.29) is 12.2 Å². The molecule has 2 N–H and O–H groups in total. The van der Waals surface area contributed by atoms with Crippen molar-refractivity contribution >= 4 is 12.0 Å². The van der Waals surface area contributed by atoms with Crippen molar-refractivity contribution in [2.75, 3.05) is 0 Å². The van der Waals surface area contributed by atoms with Crippen LogP contribution in [0.4, 0.5) is 0 Å². The van der Waals surface area contributed by atoms with Gasteiger partial charge in [-0.15, -0.1) is 0 Å². The lowest BCUT2D eigenvalue weighted by Crippen LogP contribution is -2.05. The van der Waals surface area contributed by atoms with Crippen LogP contribution in [0.15, 0.2) is 0 Å². The highest BCUT2D eigenvalue weighted by Crippen LogP contribution is 1.94. The summed E-state index contributed by atoms with van der Waals surface area (Å²) in [6, 6.07) is 0. The smallest absolute Gasteiger partial charge is 0.173 e. The summed E-state index contributed by atoms with van der Waals surface area (Å²) in [4.78, 5) is 10.4. The molecule has 0 bridgehead atoms. The first-order valence-electron chi connectivity index (χ1n) is 2.88. The highest BCUT2D eigenvalue weighted by atomic mass is 16.3. The quantitative estimate of drug-likeness (QED) is 0.538. The molecule has 0 radical (unpaired) electrons. The van der Waals surface area contributed by atoms with E-state index in [9.17, 15) is 4.79 Å². The highest BCUT2D eigenvalue weighted by Gasteiger charge is 1.99. The normalized spacial score (nSPS) is 12.7. The van der Waals surface area contributed by atoms with Crippen LogP contribution in [0.3, 0.4) is 0 Å². The first-order chi connectivity index (χ1) is 4.16. The van der Waals surface area contributed by atoms with Crippen LogP contribution < -0.4 is 0 Å². The van der Waals surface area contributed by atoms with E-state index in [1.807, 2.05) is 0 Å². The van der Waals surface area contributed by atoms with Crippen LogP contribution in [0.2, 0.25) is 0 Å². The highest BCUT2D eigenvalue weighted by molar-refractivity contribution is 6.26. The molecule has 0 aliphatic rings. The predicted molar refractivity (Wildman–Crippen MR) is 34.7 cm³/mol. The van der Waals surface area contributed by atoms with E-state index in [2.05, 4.69) is 0 Å². The summed E-state index contributed by atoms with van der Waals surface area (Å²) in [6.07, 6.45) is 1.08. The van der Waals surface area contributed by atoms with E-state index in [0.29, 0.717) is 6.42 Å². The Bertz CT molecular complexity index is 110. The van der Waals surface area contributed by atoms with Crippen molar-refractivity contribution in [1.29, 1.82) is 5.41 Å². The molecule has 0 rings (SSSR count). The summed E-state index contributed by atoms with van der Waals surface area (Å²) in [7, 11) is 0. The third-order valence-electron chi connectivity index (χ3n) is 0.969. The van der Waals surface area contributed by atoms with Gasteiger partial charge in [0.05, 0.1) is 12.3 Å². The van der Waals surface area contributed by atoms with Crippen LogP contribution in [0.25, 0.3) is 0 Å². The number of hydrogen-bond donors (Lipinski definition) is 2. The molecule has 0 spiro atoms. The molecule has 52 valence electrons. The minimum atomic E-state index is -0.436. The van der Waals surface area contributed by atoms with Gasteiger partial charge in [0.1, 0.15) is 0 Å². The van der Waals surface area contributed by atoms with Gasteiger partial charge in [0, 0.05) is 6.42 Å². The van der Waals surface area contributed by atoms with Crippen LogP contribution in [-0.4, -0.2) is 23.2 Å². The number of aliphatic hydroxyl groups is 1. The number of carbonyl (C=O) groups excluding carboxylic acids is 1. The van der Waals surface area contributed by atoms with Crippen molar-refractivity contribution in [3.05, 3.63) is 0 Å². The fourth-order valence-electron chi connectivity index (χ4n) is 0.423. The van der Waals surface area contributed by atoms with Crippen molar-refractivity contribution in [1.82, 2.24) is 0 Å². The number of rotatable bonds is 4. The van der Waals surface area contributed by atoms with Crippen LogP contribution in [0.5, 0.6) is 0 Å². The van der Waals surface area contributed by atoms with Crippen LogP contribution in [0.1, 0.15) is 19.8 Å². The summed E-state index contributed by atoms with van der Waals surface area (Å²) in [5.41, 5.74) is 0. The van der Waals surface area contributed by atoms with Gasteiger partial charge in [0.2, 0.25) is 0 Å². The van der Waals surface area contributed by atoms with Gasteiger partial charge in [-0.3, -0.25) is 4.79 Å². The van der Waals surface area contributed by atoms with Gasteiger partial charge in [0.15, 0.2) is 5.78 Å². The van der Waals surface area contributed by atoms with Crippen LogP contribution in [0, 0.1) is 5.41 Å². The van der Waals surface area contributed by atoms with Crippen molar-refractivity contribution in [2.24, 2.45) is 0 Å². The Kier molecular flexibility index (Phi) is 3.88. The Morgan fingerprint density at radius 2 is 2.44 bits per heavy atom. The number of carbonyl (C=O) groups is 1. The van der Waals surface area contributed by atoms with Gasteiger partial charge in [-0.05, 0) is 13.3 Å². The van der Waals surface area contributed by atoms with Gasteiger partial charge in [-0.25, -0.2) is 0 Å². The Balaban J connectivity index is 3.27. The Labute approximate surface area is 54.2 Å². The molecule has 0 heterocycles. The summed E-state index contributed by atoms with van der Waals surface area (Å²) in [6.45, 7) is 1.62. The molecule has 3 nitrogen and oxygen atoms in total. The fourth-order valence-corrected chi connectivity index (χ4v) is 0.423. The Morgan fingerprint density at radius 1 is 1.89 bits per heavy atom. The van der Waals surface area contributed by atoms with E-state index >= 15 is 0 Å². The molecule has 1 unspecified atom stereocenters. The lowest BCUT2D eigenvalue weighted by atomic mass is 10.2. The van der Waals surface area contributed by atoms with Crippen LogP contribution >= 0.6 is 0 Å². The second kappa shape index (κ2) is 4.21. The third kappa shape index (κ3) is 5.17. The molecule has 9 heavy (non-hydrogen) atoms. The molecular weight excluding hydrogens is 118 g/mol. The van der Waals surface area contributed by atoms with Crippen molar-refractivity contribution in [3.8, 4) is 0 Å². The average Bonchev–Trinajstić information content (AvgIpc) is 1.83. The molecule has 3 heteroatoms. The van der Waals surface area contributed by atoms with Gasteiger partial charge in [0.25, 0.3) is 0 Å². The third-order valence-corrected chi connectivity index (χ3v) is 0.969. The largest absolute Gasteiger partial charge is 0.393 e. The molecule has 0 aromatic rings. The van der Waals surface area contributed by atoms with Gasteiger partial charge in [-0.1, -0.05) is 0 Å². The van der Waals surface area contributed by atoms with Crippen molar-refractivity contribution in [2.45, 2.75) is 25.9 Å². The van der Waals surface area contributed by atoms with Crippen LogP contribution in [-0.2, 0) is 4.79 Å². The Hall–Kier alpha value is -0.700. The number of hydrogen-bond acceptors (Lipinski definition) is 3. The Morgan fingerprint density at radius 3 is 2.78 bits per heavy atom. The van der Waals surface area contributed by atoms with Gasteiger partial charge >= 0.3 is 0 Å². The first-order valence-corrected chi connectivity index (χ1v) is 2.88. The molecule has 0 aromatic heterocycles. The monoisotopic (exact) mass is 129 g/mol. The lowest BCUT2D eigenvalue weighted by molar-refractivity contribution is -0.113. The van der Waals surface area contributed by atoms with Gasteiger partial charge < -0.3 is 10.5 Å². The zero-order valence-corrected chi connectivity index (χ0v) is 5.42. The maximum absolute atomic E-state index is 10.4. The molecule has 0 aliphatic carbocycles. The van der Waals surface area contributed by atoms with E-state index in [1.165, 1.54) is 0 Å². The van der Waals surface area contributed by atoms with E-state index in [4.69, 9.17) is 10.5 Å². The molecule has 0 fully saturated rings. The average molecular weight is 129 g/mol.